The molecule has 1 aromatic heterocycles. The summed E-state index contributed by atoms with van der Waals surface area (Å²) in [6.45, 7) is 0. The minimum atomic E-state index is -0.811. The number of hydrogen-bond acceptors (Lipinski definition) is 4. The first-order valence-corrected chi connectivity index (χ1v) is 8.27. The summed E-state index contributed by atoms with van der Waals surface area (Å²) in [6.07, 6.45) is 5.15. The van der Waals surface area contributed by atoms with Gasteiger partial charge in [0.15, 0.2) is 5.13 Å². The molecule has 0 atom stereocenters. The van der Waals surface area contributed by atoms with Gasteiger partial charge in [0, 0.05) is 23.6 Å². The van der Waals surface area contributed by atoms with Crippen molar-refractivity contribution >= 4 is 34.8 Å². The van der Waals surface area contributed by atoms with Crippen LogP contribution in [0.2, 0.25) is 0 Å². The predicted molar refractivity (Wildman–Crippen MR) is 92.5 cm³/mol. The van der Waals surface area contributed by atoms with Crippen molar-refractivity contribution < 1.29 is 13.6 Å². The number of nitrogens with one attached hydrogen (secondary N) is 1. The molecule has 1 aromatic carbocycles. The highest BCUT2D eigenvalue weighted by Gasteiger charge is 2.37. The van der Waals surface area contributed by atoms with E-state index < -0.39 is 17.2 Å². The molecule has 0 radical (unpaired) electrons. The summed E-state index contributed by atoms with van der Waals surface area (Å²) >= 11 is 1.27. The van der Waals surface area contributed by atoms with Crippen molar-refractivity contribution in [3.8, 4) is 0 Å². The molecule has 4 nitrogen and oxygen atoms in total. The van der Waals surface area contributed by atoms with E-state index in [9.17, 15) is 13.6 Å². The van der Waals surface area contributed by atoms with E-state index in [2.05, 4.69) is 10.3 Å². The van der Waals surface area contributed by atoms with Gasteiger partial charge < -0.3 is 11.1 Å². The highest BCUT2D eigenvalue weighted by atomic mass is 35.5. The van der Waals surface area contributed by atoms with Gasteiger partial charge in [0.2, 0.25) is 5.91 Å². The Kier molecular flexibility index (Phi) is 5.90. The van der Waals surface area contributed by atoms with Crippen molar-refractivity contribution in [1.82, 2.24) is 4.98 Å². The highest BCUT2D eigenvalue weighted by molar-refractivity contribution is 7.15. The van der Waals surface area contributed by atoms with Crippen molar-refractivity contribution in [1.29, 1.82) is 0 Å². The lowest BCUT2D eigenvalue weighted by Crippen LogP contribution is -2.48. The van der Waals surface area contributed by atoms with Crippen LogP contribution in [0.5, 0.6) is 0 Å². The molecular formula is C16H18ClF2N3OS. The third-order valence-corrected chi connectivity index (χ3v) is 5.01. The zero-order chi connectivity index (χ0) is 16.4. The lowest BCUT2D eigenvalue weighted by molar-refractivity contribution is -0.121. The average molecular weight is 374 g/mol. The molecule has 2 aromatic rings. The molecule has 1 fully saturated rings. The van der Waals surface area contributed by atoms with Crippen LogP contribution in [0, 0.1) is 11.6 Å². The van der Waals surface area contributed by atoms with Gasteiger partial charge in [0.05, 0.1) is 5.54 Å². The van der Waals surface area contributed by atoms with Crippen LogP contribution in [0.3, 0.4) is 0 Å². The molecule has 130 valence electrons. The molecule has 1 heterocycles. The maximum atomic E-state index is 13.7. The minimum absolute atomic E-state index is 0. The first-order chi connectivity index (χ1) is 11.0. The second-order valence-corrected chi connectivity index (χ2v) is 6.98. The van der Waals surface area contributed by atoms with Gasteiger partial charge >= 0.3 is 0 Å². The van der Waals surface area contributed by atoms with Gasteiger partial charge in [-0.15, -0.1) is 23.7 Å². The number of benzene rings is 1. The third kappa shape index (κ3) is 4.09. The molecule has 1 aliphatic carbocycles. The zero-order valence-corrected chi connectivity index (χ0v) is 14.5. The number of thiazole rings is 1. The van der Waals surface area contributed by atoms with Gasteiger partial charge in [0.1, 0.15) is 11.6 Å². The van der Waals surface area contributed by atoms with Crippen molar-refractivity contribution in [2.24, 2.45) is 5.73 Å². The Morgan fingerprint density at radius 1 is 1.33 bits per heavy atom. The van der Waals surface area contributed by atoms with Gasteiger partial charge in [-0.1, -0.05) is 18.9 Å². The molecule has 0 aliphatic heterocycles. The predicted octanol–water partition coefficient (Wildman–Crippen LogP) is 3.64. The van der Waals surface area contributed by atoms with E-state index in [0.717, 1.165) is 23.8 Å². The van der Waals surface area contributed by atoms with E-state index in [4.69, 9.17) is 5.73 Å². The van der Waals surface area contributed by atoms with E-state index in [1.165, 1.54) is 23.5 Å². The van der Waals surface area contributed by atoms with Crippen molar-refractivity contribution in [3.63, 3.8) is 0 Å². The second-order valence-electron chi connectivity index (χ2n) is 5.86. The van der Waals surface area contributed by atoms with Gasteiger partial charge in [-0.3, -0.25) is 4.79 Å². The van der Waals surface area contributed by atoms with Crippen LogP contribution in [-0.2, 0) is 11.2 Å². The molecule has 24 heavy (non-hydrogen) atoms. The molecule has 3 rings (SSSR count). The Morgan fingerprint density at radius 2 is 2.04 bits per heavy atom. The number of carbonyl (C=O) groups is 1. The largest absolute Gasteiger partial charge is 0.317 e. The number of carbonyl (C=O) groups excluding carboxylic acids is 1. The van der Waals surface area contributed by atoms with E-state index in [0.29, 0.717) is 30.0 Å². The summed E-state index contributed by atoms with van der Waals surface area (Å²) in [6, 6.07) is 3.49. The number of rotatable bonds is 4. The Hall–Kier alpha value is -1.57. The molecule has 0 saturated heterocycles. The molecule has 0 unspecified atom stereocenters. The molecular weight excluding hydrogens is 356 g/mol. The molecule has 0 bridgehead atoms. The van der Waals surface area contributed by atoms with Gasteiger partial charge in [-0.2, -0.15) is 0 Å². The van der Waals surface area contributed by atoms with Crippen molar-refractivity contribution in [3.05, 3.63) is 46.5 Å². The number of aromatic nitrogens is 1. The first-order valence-electron chi connectivity index (χ1n) is 7.45. The van der Waals surface area contributed by atoms with E-state index >= 15 is 0 Å². The Balaban J connectivity index is 0.00000208. The summed E-state index contributed by atoms with van der Waals surface area (Å²) < 4.78 is 26.6. The molecule has 0 spiro atoms. The van der Waals surface area contributed by atoms with E-state index in [1.807, 2.05) is 0 Å². The molecule has 1 saturated carbocycles. The van der Waals surface area contributed by atoms with Crippen molar-refractivity contribution in [2.75, 3.05) is 5.32 Å². The molecule has 1 aliphatic rings. The van der Waals surface area contributed by atoms with Gasteiger partial charge in [-0.25, -0.2) is 13.8 Å². The van der Waals surface area contributed by atoms with Gasteiger partial charge in [0.25, 0.3) is 0 Å². The van der Waals surface area contributed by atoms with Gasteiger partial charge in [-0.05, 0) is 24.5 Å². The van der Waals surface area contributed by atoms with Crippen LogP contribution in [0.25, 0.3) is 0 Å². The maximum Gasteiger partial charge on any atom is 0.246 e. The standard InChI is InChI=1S/C16H17F2N3OS.ClH/c17-11-4-3-10(13(18)8-11)7-12-9-20-15(23-12)21-14(22)16(19)5-1-2-6-16;/h3-4,8-9H,1-2,5-7,19H2,(H,20,21,22);1H. The van der Waals surface area contributed by atoms with E-state index in [1.54, 1.807) is 6.20 Å². The summed E-state index contributed by atoms with van der Waals surface area (Å²) in [7, 11) is 0. The van der Waals surface area contributed by atoms with Crippen molar-refractivity contribution in [2.45, 2.75) is 37.6 Å². The normalized spacial score (nSPS) is 15.8. The van der Waals surface area contributed by atoms with E-state index in [-0.39, 0.29) is 18.3 Å². The van der Waals surface area contributed by atoms with Crippen LogP contribution in [0.15, 0.2) is 24.4 Å². The van der Waals surface area contributed by atoms with Crippen LogP contribution in [0.4, 0.5) is 13.9 Å². The highest BCUT2D eigenvalue weighted by Crippen LogP contribution is 2.29. The first kappa shape index (κ1) is 18.8. The number of amides is 1. The summed E-state index contributed by atoms with van der Waals surface area (Å²) in [5.74, 6) is -1.41. The second kappa shape index (κ2) is 7.55. The number of halogens is 3. The number of hydrogen-bond donors (Lipinski definition) is 2. The monoisotopic (exact) mass is 373 g/mol. The minimum Gasteiger partial charge on any atom is -0.317 e. The Morgan fingerprint density at radius 3 is 2.71 bits per heavy atom. The lowest BCUT2D eigenvalue weighted by atomic mass is 9.98. The Labute approximate surface area is 148 Å². The summed E-state index contributed by atoms with van der Waals surface area (Å²) in [5.41, 5.74) is 5.67. The van der Waals surface area contributed by atoms with Crippen LogP contribution in [-0.4, -0.2) is 16.4 Å². The Bertz CT molecular complexity index is 732. The topological polar surface area (TPSA) is 68.0 Å². The maximum absolute atomic E-state index is 13.7. The zero-order valence-electron chi connectivity index (χ0n) is 12.9. The summed E-state index contributed by atoms with van der Waals surface area (Å²) in [5, 5.41) is 3.19. The number of anilines is 1. The smallest absolute Gasteiger partial charge is 0.246 e. The quantitative estimate of drug-likeness (QED) is 0.859. The summed E-state index contributed by atoms with van der Waals surface area (Å²) in [4.78, 5) is 17.1. The third-order valence-electron chi connectivity index (χ3n) is 4.10. The van der Waals surface area contributed by atoms with Crippen LogP contribution >= 0.6 is 23.7 Å². The fourth-order valence-electron chi connectivity index (χ4n) is 2.75. The molecule has 3 N–H and O–H groups in total. The van der Waals surface area contributed by atoms with Crippen LogP contribution < -0.4 is 11.1 Å². The van der Waals surface area contributed by atoms with Crippen LogP contribution in [0.1, 0.15) is 36.1 Å². The molecule has 1 amide bonds. The average Bonchev–Trinajstić information content (AvgIpc) is 3.12. The fraction of sp³-hybridized carbons (Fsp3) is 0.375. The fourth-order valence-corrected chi connectivity index (χ4v) is 3.58. The molecule has 8 heteroatoms. The SMILES string of the molecule is Cl.NC1(C(=O)Nc2ncc(Cc3ccc(F)cc3F)s2)CCCC1. The number of nitrogens with two attached hydrogens (primary N) is 1. The number of nitrogens with zero attached hydrogens (tertiary/aromatic N) is 1. The lowest BCUT2D eigenvalue weighted by Gasteiger charge is -2.21.